The van der Waals surface area contributed by atoms with E-state index in [9.17, 15) is 9.59 Å². The van der Waals surface area contributed by atoms with Gasteiger partial charge in [-0.2, -0.15) is 0 Å². The number of thioether (sulfide) groups is 1. The quantitative estimate of drug-likeness (QED) is 0.481. The summed E-state index contributed by atoms with van der Waals surface area (Å²) in [4.78, 5) is 34.8. The summed E-state index contributed by atoms with van der Waals surface area (Å²) >= 11 is 1.49. The summed E-state index contributed by atoms with van der Waals surface area (Å²) in [5, 5.41) is 2.75. The molecule has 0 bridgehead atoms. The molecule has 2 aromatic rings. The van der Waals surface area contributed by atoms with Crippen LogP contribution >= 0.6 is 11.8 Å². The number of fused-ring (bicyclic) bond motifs is 1. The molecule has 0 saturated heterocycles. The van der Waals surface area contributed by atoms with Crippen LogP contribution < -0.4 is 0 Å². The van der Waals surface area contributed by atoms with Gasteiger partial charge in [-0.15, -0.1) is 0 Å². The Kier molecular flexibility index (Phi) is 7.45. The van der Waals surface area contributed by atoms with Crippen LogP contribution in [0.3, 0.4) is 0 Å². The molecule has 0 spiro atoms. The molecule has 0 unspecified atom stereocenters. The molecule has 1 amide bonds. The molecule has 2 aliphatic rings. The van der Waals surface area contributed by atoms with Gasteiger partial charge in [-0.3, -0.25) is 4.79 Å². The Bertz CT molecular complexity index is 1230. The van der Waals surface area contributed by atoms with Gasteiger partial charge in [0.2, 0.25) is 5.91 Å². The van der Waals surface area contributed by atoms with Gasteiger partial charge in [0.15, 0.2) is 5.17 Å². The van der Waals surface area contributed by atoms with Gasteiger partial charge >= 0.3 is 5.97 Å². The number of allylic oxidation sites excluding steroid dienone is 1. The molecule has 182 valence electrons. The lowest BCUT2D eigenvalue weighted by Gasteiger charge is -2.37. The fourth-order valence-electron chi connectivity index (χ4n) is 4.32. The number of carbonyl (C=O) groups excluding carboxylic acids is 2. The number of hydrogen-bond donors (Lipinski definition) is 0. The number of aryl methyl sites for hydroxylation is 2. The summed E-state index contributed by atoms with van der Waals surface area (Å²) in [6.07, 6.45) is 0.239. The lowest BCUT2D eigenvalue weighted by molar-refractivity contribution is -0.141. The first-order valence-electron chi connectivity index (χ1n) is 11.8. The van der Waals surface area contributed by atoms with Crippen molar-refractivity contribution in [2.75, 3.05) is 13.6 Å². The number of esters is 1. The number of aliphatic imine (C=N–C) groups is 1. The SMILES string of the molecule is CCN(C)C(=O)CC1=CSC2=NC(C)=C(C(=O)OCc3ccccc3)[C@H](c3ccc(C)cc3C)N12. The van der Waals surface area contributed by atoms with Crippen LogP contribution in [-0.4, -0.2) is 40.4 Å². The van der Waals surface area contributed by atoms with Crippen molar-refractivity contribution in [1.82, 2.24) is 9.80 Å². The average molecular weight is 490 g/mol. The van der Waals surface area contributed by atoms with Crippen molar-refractivity contribution in [2.45, 2.75) is 46.8 Å². The fourth-order valence-corrected chi connectivity index (χ4v) is 5.29. The van der Waals surface area contributed by atoms with Crippen LogP contribution in [0.5, 0.6) is 0 Å². The van der Waals surface area contributed by atoms with Crippen molar-refractivity contribution in [3.05, 3.63) is 93.2 Å². The maximum Gasteiger partial charge on any atom is 0.338 e. The zero-order chi connectivity index (χ0) is 25.1. The van der Waals surface area contributed by atoms with E-state index in [1.54, 1.807) is 11.9 Å². The molecule has 2 aliphatic heterocycles. The standard InChI is InChI=1S/C28H31N3O3S/c1-6-30(5)24(32)15-22-17-35-28-29-20(4)25(27(33)34-16-21-10-8-7-9-11-21)26(31(22)28)23-13-12-18(2)14-19(23)3/h7-14,17,26H,6,15-16H2,1-5H3/t26-/m0/s1. The second kappa shape index (κ2) is 10.5. The molecule has 0 radical (unpaired) electrons. The van der Waals surface area contributed by atoms with E-state index in [4.69, 9.17) is 9.73 Å². The first kappa shape index (κ1) is 24.8. The predicted octanol–water partition coefficient (Wildman–Crippen LogP) is 5.49. The zero-order valence-electron chi connectivity index (χ0n) is 20.9. The number of ether oxygens (including phenoxy) is 1. The van der Waals surface area contributed by atoms with Crippen molar-refractivity contribution in [1.29, 1.82) is 0 Å². The third kappa shape index (κ3) is 5.20. The smallest absolute Gasteiger partial charge is 0.338 e. The minimum absolute atomic E-state index is 0.0273. The van der Waals surface area contributed by atoms with Crippen LogP contribution in [-0.2, 0) is 20.9 Å². The van der Waals surface area contributed by atoms with Crippen molar-refractivity contribution in [3.63, 3.8) is 0 Å². The normalized spacial score (nSPS) is 17.1. The highest BCUT2D eigenvalue weighted by atomic mass is 32.2. The molecule has 1 atom stereocenters. The van der Waals surface area contributed by atoms with Crippen LogP contribution in [0.4, 0.5) is 0 Å². The number of hydrogen-bond acceptors (Lipinski definition) is 6. The Hall–Kier alpha value is -3.32. The molecule has 0 fully saturated rings. The topological polar surface area (TPSA) is 62.2 Å². The van der Waals surface area contributed by atoms with Gasteiger partial charge in [0, 0.05) is 19.3 Å². The van der Waals surface area contributed by atoms with Gasteiger partial charge in [0.1, 0.15) is 6.61 Å². The van der Waals surface area contributed by atoms with Gasteiger partial charge in [-0.1, -0.05) is 65.9 Å². The summed E-state index contributed by atoms with van der Waals surface area (Å²) < 4.78 is 5.78. The van der Waals surface area contributed by atoms with Crippen molar-refractivity contribution in [3.8, 4) is 0 Å². The maximum atomic E-state index is 13.5. The maximum absolute atomic E-state index is 13.5. The lowest BCUT2D eigenvalue weighted by atomic mass is 9.90. The minimum Gasteiger partial charge on any atom is -0.457 e. The van der Waals surface area contributed by atoms with Gasteiger partial charge in [-0.05, 0) is 49.8 Å². The van der Waals surface area contributed by atoms with E-state index in [1.807, 2.05) is 54.5 Å². The third-order valence-electron chi connectivity index (χ3n) is 6.39. The molecule has 0 aromatic heterocycles. The van der Waals surface area contributed by atoms with Gasteiger partial charge in [-0.25, -0.2) is 9.79 Å². The number of amidine groups is 1. The predicted molar refractivity (Wildman–Crippen MR) is 140 cm³/mol. The zero-order valence-corrected chi connectivity index (χ0v) is 21.7. The average Bonchev–Trinajstić information content (AvgIpc) is 3.23. The first-order valence-corrected chi connectivity index (χ1v) is 12.6. The van der Waals surface area contributed by atoms with Crippen molar-refractivity contribution in [2.24, 2.45) is 4.99 Å². The number of nitrogens with zero attached hydrogens (tertiary/aromatic N) is 3. The second-order valence-corrected chi connectivity index (χ2v) is 9.74. The largest absolute Gasteiger partial charge is 0.457 e. The summed E-state index contributed by atoms with van der Waals surface area (Å²) in [6, 6.07) is 15.5. The first-order chi connectivity index (χ1) is 16.8. The van der Waals surface area contributed by atoms with Crippen LogP contribution in [0.25, 0.3) is 0 Å². The van der Waals surface area contributed by atoms with Crippen molar-refractivity contribution < 1.29 is 14.3 Å². The number of carbonyl (C=O) groups is 2. The van der Waals surface area contributed by atoms with Crippen LogP contribution in [0, 0.1) is 13.8 Å². The summed E-state index contributed by atoms with van der Waals surface area (Å²) in [5.74, 6) is -0.369. The molecule has 7 heteroatoms. The van der Waals surface area contributed by atoms with E-state index in [0.717, 1.165) is 33.1 Å². The second-order valence-electron chi connectivity index (χ2n) is 8.90. The van der Waals surface area contributed by atoms with Gasteiger partial charge < -0.3 is 14.5 Å². The Balaban J connectivity index is 1.72. The van der Waals surface area contributed by atoms with E-state index in [1.165, 1.54) is 11.8 Å². The van der Waals surface area contributed by atoms with E-state index in [2.05, 4.69) is 32.0 Å². The Morgan fingerprint density at radius 2 is 1.86 bits per heavy atom. The Labute approximate surface area is 211 Å². The van der Waals surface area contributed by atoms with E-state index < -0.39 is 12.0 Å². The highest BCUT2D eigenvalue weighted by Crippen LogP contribution is 2.45. The number of rotatable bonds is 7. The van der Waals surface area contributed by atoms with Gasteiger partial charge in [0.05, 0.1) is 23.7 Å². The van der Waals surface area contributed by atoms with Crippen LogP contribution in [0.1, 0.15) is 48.6 Å². The van der Waals surface area contributed by atoms with E-state index >= 15 is 0 Å². The highest BCUT2D eigenvalue weighted by Gasteiger charge is 2.41. The summed E-state index contributed by atoms with van der Waals surface area (Å²) in [6.45, 7) is 8.74. The molecule has 6 nitrogen and oxygen atoms in total. The fraction of sp³-hybridized carbons (Fsp3) is 0.321. The molecule has 0 aliphatic carbocycles. The Morgan fingerprint density at radius 3 is 2.54 bits per heavy atom. The number of amides is 1. The monoisotopic (exact) mass is 489 g/mol. The summed E-state index contributed by atoms with van der Waals surface area (Å²) in [7, 11) is 1.80. The van der Waals surface area contributed by atoms with E-state index in [0.29, 0.717) is 17.8 Å². The third-order valence-corrected chi connectivity index (χ3v) is 7.27. The Morgan fingerprint density at radius 1 is 1.11 bits per heavy atom. The van der Waals surface area contributed by atoms with Crippen LogP contribution in [0.15, 0.2) is 75.9 Å². The molecule has 2 aromatic carbocycles. The molecular formula is C28H31N3O3S. The summed E-state index contributed by atoms with van der Waals surface area (Å²) in [5.41, 5.74) is 6.12. The number of benzene rings is 2. The lowest BCUT2D eigenvalue weighted by Crippen LogP contribution is -2.38. The van der Waals surface area contributed by atoms with E-state index in [-0.39, 0.29) is 18.9 Å². The molecular weight excluding hydrogens is 458 g/mol. The van der Waals surface area contributed by atoms with Gasteiger partial charge in [0.25, 0.3) is 0 Å². The minimum atomic E-state index is -0.424. The molecule has 0 saturated carbocycles. The van der Waals surface area contributed by atoms with Crippen LogP contribution in [0.2, 0.25) is 0 Å². The molecule has 0 N–H and O–H groups in total. The molecule has 2 heterocycles. The molecule has 35 heavy (non-hydrogen) atoms. The molecule has 4 rings (SSSR count). The highest BCUT2D eigenvalue weighted by molar-refractivity contribution is 8.16. The van der Waals surface area contributed by atoms with Crippen molar-refractivity contribution >= 4 is 28.8 Å².